The zero-order valence-corrected chi connectivity index (χ0v) is 14.8. The second-order valence-electron chi connectivity index (χ2n) is 5.74. The van der Waals surface area contributed by atoms with Crippen molar-refractivity contribution in [2.75, 3.05) is 7.11 Å². The number of carbonyl (C=O) groups excluding carboxylic acids is 1. The van der Waals surface area contributed by atoms with Gasteiger partial charge in [-0.05, 0) is 11.6 Å². The second kappa shape index (κ2) is 8.71. The van der Waals surface area contributed by atoms with Crippen LogP contribution in [-0.2, 0) is 13.2 Å². The lowest BCUT2D eigenvalue weighted by Crippen LogP contribution is -2.24. The van der Waals surface area contributed by atoms with Crippen molar-refractivity contribution in [1.29, 1.82) is 0 Å². The molecular weight excluding hydrogens is 346 g/mol. The van der Waals surface area contributed by atoms with E-state index in [9.17, 15) is 9.59 Å². The van der Waals surface area contributed by atoms with E-state index in [0.717, 1.165) is 23.5 Å². The number of nitrogens with one attached hydrogen (secondary N) is 1. The van der Waals surface area contributed by atoms with Gasteiger partial charge in [-0.15, -0.1) is 0 Å². The molecule has 2 aromatic carbocycles. The zero-order chi connectivity index (χ0) is 19.1. The summed E-state index contributed by atoms with van der Waals surface area (Å²) in [5, 5.41) is 2.70. The summed E-state index contributed by atoms with van der Waals surface area (Å²) in [6, 6.07) is 17.9. The van der Waals surface area contributed by atoms with Crippen LogP contribution in [0.2, 0.25) is 0 Å². The monoisotopic (exact) mass is 365 g/mol. The highest BCUT2D eigenvalue weighted by molar-refractivity contribution is 5.91. The molecule has 0 aliphatic carbocycles. The molecule has 0 fully saturated rings. The van der Waals surface area contributed by atoms with Gasteiger partial charge in [0, 0.05) is 18.2 Å². The van der Waals surface area contributed by atoms with Crippen molar-refractivity contribution < 1.29 is 18.7 Å². The Morgan fingerprint density at radius 1 is 1.04 bits per heavy atom. The molecule has 0 radical (unpaired) electrons. The molecule has 27 heavy (non-hydrogen) atoms. The van der Waals surface area contributed by atoms with Crippen LogP contribution in [0, 0.1) is 0 Å². The summed E-state index contributed by atoms with van der Waals surface area (Å²) in [4.78, 5) is 24.4. The number of rotatable bonds is 7. The van der Waals surface area contributed by atoms with Crippen molar-refractivity contribution in [2.45, 2.75) is 13.2 Å². The Kier molecular flexibility index (Phi) is 5.89. The van der Waals surface area contributed by atoms with Crippen LogP contribution in [0.3, 0.4) is 0 Å². The van der Waals surface area contributed by atoms with E-state index in [0.29, 0.717) is 5.75 Å². The van der Waals surface area contributed by atoms with Crippen molar-refractivity contribution >= 4 is 5.91 Å². The number of hydrogen-bond acceptors (Lipinski definition) is 5. The Morgan fingerprint density at radius 3 is 2.52 bits per heavy atom. The predicted molar refractivity (Wildman–Crippen MR) is 99.9 cm³/mol. The fourth-order valence-electron chi connectivity index (χ4n) is 2.47. The Balaban J connectivity index is 1.62. The molecule has 1 N–H and O–H groups in total. The van der Waals surface area contributed by atoms with Gasteiger partial charge in [0.2, 0.25) is 11.2 Å². The molecule has 0 saturated carbocycles. The number of hydrogen-bond donors (Lipinski definition) is 1. The van der Waals surface area contributed by atoms with E-state index < -0.39 is 11.3 Å². The summed E-state index contributed by atoms with van der Waals surface area (Å²) in [5.74, 6) is 0.151. The predicted octanol–water partition coefficient (Wildman–Crippen LogP) is 3.16. The zero-order valence-electron chi connectivity index (χ0n) is 14.8. The molecule has 6 nitrogen and oxygen atoms in total. The van der Waals surface area contributed by atoms with Gasteiger partial charge in [0.25, 0.3) is 5.91 Å². The molecule has 0 aliphatic heterocycles. The number of carbonyl (C=O) groups is 1. The first-order valence-corrected chi connectivity index (χ1v) is 8.37. The molecule has 0 atom stereocenters. The van der Waals surface area contributed by atoms with Crippen LogP contribution in [0.5, 0.6) is 11.5 Å². The molecule has 1 heterocycles. The summed E-state index contributed by atoms with van der Waals surface area (Å²) < 4.78 is 16.0. The van der Waals surface area contributed by atoms with Gasteiger partial charge in [-0.1, -0.05) is 48.5 Å². The first-order chi connectivity index (χ1) is 13.2. The standard InChI is InChI=1S/C21H19NO5/c1-25-18-10-6-5-9-16(18)12-22-21(24)19-11-17(23)20(14-27-19)26-13-15-7-3-2-4-8-15/h2-11,14H,12-13H2,1H3,(H,22,24). The number of amides is 1. The lowest BCUT2D eigenvalue weighted by Gasteiger charge is -2.09. The van der Waals surface area contributed by atoms with Crippen LogP contribution in [0.1, 0.15) is 21.7 Å². The van der Waals surface area contributed by atoms with E-state index >= 15 is 0 Å². The van der Waals surface area contributed by atoms with Crippen LogP contribution in [0.25, 0.3) is 0 Å². The van der Waals surface area contributed by atoms with Gasteiger partial charge in [-0.25, -0.2) is 0 Å². The van der Waals surface area contributed by atoms with Gasteiger partial charge in [0.05, 0.1) is 7.11 Å². The third-order valence-corrected chi connectivity index (χ3v) is 3.89. The molecule has 1 aromatic heterocycles. The van der Waals surface area contributed by atoms with Gasteiger partial charge in [-0.2, -0.15) is 0 Å². The molecule has 3 aromatic rings. The van der Waals surface area contributed by atoms with E-state index in [1.54, 1.807) is 13.2 Å². The molecule has 138 valence electrons. The molecular formula is C21H19NO5. The lowest BCUT2D eigenvalue weighted by atomic mass is 10.2. The largest absolute Gasteiger partial charge is 0.496 e. The lowest BCUT2D eigenvalue weighted by molar-refractivity contribution is 0.0919. The molecule has 6 heteroatoms. The summed E-state index contributed by atoms with van der Waals surface area (Å²) in [7, 11) is 1.56. The van der Waals surface area contributed by atoms with Gasteiger partial charge in [0.1, 0.15) is 18.6 Å². The van der Waals surface area contributed by atoms with Crippen LogP contribution >= 0.6 is 0 Å². The maximum absolute atomic E-state index is 12.2. The Morgan fingerprint density at radius 2 is 1.78 bits per heavy atom. The van der Waals surface area contributed by atoms with Crippen molar-refractivity contribution in [2.24, 2.45) is 0 Å². The number of benzene rings is 2. The average Bonchev–Trinajstić information content (AvgIpc) is 2.72. The number of ether oxygens (including phenoxy) is 2. The minimum Gasteiger partial charge on any atom is -0.496 e. The van der Waals surface area contributed by atoms with E-state index in [-0.39, 0.29) is 24.7 Å². The Labute approximate surface area is 156 Å². The van der Waals surface area contributed by atoms with Crippen LogP contribution in [0.15, 0.2) is 76.1 Å². The second-order valence-corrected chi connectivity index (χ2v) is 5.74. The van der Waals surface area contributed by atoms with Gasteiger partial charge in [-0.3, -0.25) is 9.59 Å². The maximum atomic E-state index is 12.2. The number of methoxy groups -OCH3 is 1. The van der Waals surface area contributed by atoms with Gasteiger partial charge < -0.3 is 19.2 Å². The van der Waals surface area contributed by atoms with Crippen LogP contribution in [0.4, 0.5) is 0 Å². The number of para-hydroxylation sites is 1. The smallest absolute Gasteiger partial charge is 0.287 e. The molecule has 0 spiro atoms. The van der Waals surface area contributed by atoms with Crippen molar-refractivity contribution in [3.05, 3.63) is 94.0 Å². The SMILES string of the molecule is COc1ccccc1CNC(=O)c1cc(=O)c(OCc2ccccc2)co1. The fraction of sp³-hybridized carbons (Fsp3) is 0.143. The molecule has 0 unspecified atom stereocenters. The van der Waals surface area contributed by atoms with E-state index in [1.165, 1.54) is 0 Å². The quantitative estimate of drug-likeness (QED) is 0.696. The molecule has 0 aliphatic rings. The highest BCUT2D eigenvalue weighted by Crippen LogP contribution is 2.17. The summed E-state index contributed by atoms with van der Waals surface area (Å²) in [6.07, 6.45) is 1.16. The van der Waals surface area contributed by atoms with Crippen molar-refractivity contribution in [3.63, 3.8) is 0 Å². The third-order valence-electron chi connectivity index (χ3n) is 3.89. The molecule has 0 bridgehead atoms. The maximum Gasteiger partial charge on any atom is 0.287 e. The van der Waals surface area contributed by atoms with E-state index in [2.05, 4.69) is 5.32 Å². The fourth-order valence-corrected chi connectivity index (χ4v) is 2.47. The third kappa shape index (κ3) is 4.76. The van der Waals surface area contributed by atoms with Crippen LogP contribution < -0.4 is 20.2 Å². The van der Waals surface area contributed by atoms with Gasteiger partial charge in [0.15, 0.2) is 5.76 Å². The molecule has 0 saturated heterocycles. The highest BCUT2D eigenvalue weighted by atomic mass is 16.5. The van der Waals surface area contributed by atoms with Crippen molar-refractivity contribution in [3.8, 4) is 11.5 Å². The minimum atomic E-state index is -0.493. The van der Waals surface area contributed by atoms with Crippen LogP contribution in [-0.4, -0.2) is 13.0 Å². The molecule has 1 amide bonds. The minimum absolute atomic E-state index is 0.0557. The van der Waals surface area contributed by atoms with E-state index in [1.807, 2.05) is 48.5 Å². The first kappa shape index (κ1) is 18.3. The first-order valence-electron chi connectivity index (χ1n) is 8.37. The highest BCUT2D eigenvalue weighted by Gasteiger charge is 2.13. The molecule has 3 rings (SSSR count). The average molecular weight is 365 g/mol. The summed E-state index contributed by atoms with van der Waals surface area (Å²) >= 11 is 0. The topological polar surface area (TPSA) is 77.8 Å². The Bertz CT molecular complexity index is 966. The van der Waals surface area contributed by atoms with Gasteiger partial charge >= 0.3 is 0 Å². The Hall–Kier alpha value is -3.54. The van der Waals surface area contributed by atoms with E-state index in [4.69, 9.17) is 13.9 Å². The summed E-state index contributed by atoms with van der Waals surface area (Å²) in [6.45, 7) is 0.490. The van der Waals surface area contributed by atoms with Crippen molar-refractivity contribution in [1.82, 2.24) is 5.32 Å². The normalized spacial score (nSPS) is 10.3. The summed E-state index contributed by atoms with van der Waals surface area (Å²) in [5.41, 5.74) is 1.33.